The minimum atomic E-state index is -0.481. The van der Waals surface area contributed by atoms with E-state index in [0.717, 1.165) is 10.9 Å². The maximum Gasteiger partial charge on any atom is 0.339 e. The van der Waals surface area contributed by atoms with E-state index in [-0.39, 0.29) is 0 Å². The first kappa shape index (κ1) is 17.3. The Morgan fingerprint density at radius 1 is 1.07 bits per heavy atom. The summed E-state index contributed by atoms with van der Waals surface area (Å²) in [5.41, 5.74) is 2.47. The Balaban J connectivity index is 1.74. The van der Waals surface area contributed by atoms with E-state index in [9.17, 15) is 4.79 Å². The second kappa shape index (κ2) is 7.25. The molecule has 0 spiro atoms. The van der Waals surface area contributed by atoms with Gasteiger partial charge in [-0.15, -0.1) is 0 Å². The van der Waals surface area contributed by atoms with Crippen LogP contribution in [-0.4, -0.2) is 11.0 Å². The lowest BCUT2D eigenvalue weighted by atomic mass is 10.1. The van der Waals surface area contributed by atoms with Gasteiger partial charge in [0.05, 0.1) is 17.3 Å². The molecule has 0 aliphatic carbocycles. The SMILES string of the molecule is C[C@H](OC(=O)c1cc(-c2ccco2)nc2ccccc12)c1ccccc1Cl. The number of pyridine rings is 1. The average Bonchev–Trinajstić information content (AvgIpc) is 3.22. The second-order valence-electron chi connectivity index (χ2n) is 6.12. The number of esters is 1. The van der Waals surface area contributed by atoms with E-state index in [1.807, 2.05) is 42.5 Å². The van der Waals surface area contributed by atoms with Crippen molar-refractivity contribution < 1.29 is 13.9 Å². The predicted octanol–water partition coefficient (Wildman–Crippen LogP) is 6.07. The highest BCUT2D eigenvalue weighted by molar-refractivity contribution is 6.31. The zero-order valence-electron chi connectivity index (χ0n) is 14.6. The van der Waals surface area contributed by atoms with Gasteiger partial charge in [0.1, 0.15) is 11.8 Å². The van der Waals surface area contributed by atoms with E-state index in [2.05, 4.69) is 4.98 Å². The zero-order chi connectivity index (χ0) is 18.8. The van der Waals surface area contributed by atoms with E-state index >= 15 is 0 Å². The summed E-state index contributed by atoms with van der Waals surface area (Å²) >= 11 is 6.22. The van der Waals surface area contributed by atoms with Gasteiger partial charge in [-0.3, -0.25) is 0 Å². The van der Waals surface area contributed by atoms with Crippen LogP contribution < -0.4 is 0 Å². The molecule has 0 aliphatic heterocycles. The summed E-state index contributed by atoms with van der Waals surface area (Å²) in [5, 5.41) is 1.29. The fourth-order valence-electron chi connectivity index (χ4n) is 2.99. The molecule has 2 aromatic carbocycles. The van der Waals surface area contributed by atoms with Gasteiger partial charge in [-0.1, -0.05) is 48.0 Å². The molecule has 0 saturated carbocycles. The van der Waals surface area contributed by atoms with Gasteiger partial charge >= 0.3 is 5.97 Å². The highest BCUT2D eigenvalue weighted by Gasteiger charge is 2.20. The third-order valence-corrected chi connectivity index (χ3v) is 4.68. The van der Waals surface area contributed by atoms with Crippen LogP contribution in [0.15, 0.2) is 77.4 Å². The summed E-state index contributed by atoms with van der Waals surface area (Å²) < 4.78 is 11.1. The molecule has 0 N–H and O–H groups in total. The number of fused-ring (bicyclic) bond motifs is 1. The molecule has 0 saturated heterocycles. The number of hydrogen-bond acceptors (Lipinski definition) is 4. The van der Waals surface area contributed by atoms with Crippen molar-refractivity contribution in [3.63, 3.8) is 0 Å². The van der Waals surface area contributed by atoms with Gasteiger partial charge in [-0.25, -0.2) is 9.78 Å². The fraction of sp³-hybridized carbons (Fsp3) is 0.0909. The van der Waals surface area contributed by atoms with Crippen molar-refractivity contribution in [2.45, 2.75) is 13.0 Å². The van der Waals surface area contributed by atoms with Crippen molar-refractivity contribution in [1.82, 2.24) is 4.98 Å². The number of para-hydroxylation sites is 1. The standard InChI is InChI=1S/C22H16ClNO3/c1-14(15-7-2-4-9-18(15)23)27-22(25)17-13-20(21-11-6-12-26-21)24-19-10-5-3-8-16(17)19/h2-14H,1H3/t14-/m0/s1. The number of benzene rings is 2. The molecular weight excluding hydrogens is 362 g/mol. The molecular formula is C22H16ClNO3. The van der Waals surface area contributed by atoms with Crippen LogP contribution in [0.1, 0.15) is 28.9 Å². The topological polar surface area (TPSA) is 52.3 Å². The van der Waals surface area contributed by atoms with Crippen LogP contribution in [-0.2, 0) is 4.74 Å². The smallest absolute Gasteiger partial charge is 0.339 e. The molecule has 1 atom stereocenters. The summed E-state index contributed by atoms with van der Waals surface area (Å²) in [4.78, 5) is 17.5. The minimum Gasteiger partial charge on any atom is -0.463 e. The Morgan fingerprint density at radius 2 is 1.85 bits per heavy atom. The van der Waals surface area contributed by atoms with Gasteiger partial charge in [0.15, 0.2) is 5.76 Å². The van der Waals surface area contributed by atoms with Crippen molar-refractivity contribution in [3.05, 3.63) is 89.1 Å². The van der Waals surface area contributed by atoms with Crippen LogP contribution >= 0.6 is 11.6 Å². The Morgan fingerprint density at radius 3 is 2.63 bits per heavy atom. The highest BCUT2D eigenvalue weighted by Crippen LogP contribution is 2.29. The van der Waals surface area contributed by atoms with Gasteiger partial charge in [-0.2, -0.15) is 0 Å². The van der Waals surface area contributed by atoms with Gasteiger partial charge in [0, 0.05) is 16.0 Å². The quantitative estimate of drug-likeness (QED) is 0.405. The largest absolute Gasteiger partial charge is 0.463 e. The van der Waals surface area contributed by atoms with Crippen molar-refractivity contribution in [2.24, 2.45) is 0 Å². The first-order valence-electron chi connectivity index (χ1n) is 8.52. The Labute approximate surface area is 161 Å². The Kier molecular flexibility index (Phi) is 4.65. The molecule has 0 fully saturated rings. The second-order valence-corrected chi connectivity index (χ2v) is 6.53. The van der Waals surface area contributed by atoms with Crippen LogP contribution in [0, 0.1) is 0 Å². The number of aromatic nitrogens is 1. The molecule has 0 unspecified atom stereocenters. The van der Waals surface area contributed by atoms with Crippen molar-refractivity contribution in [1.29, 1.82) is 0 Å². The number of halogens is 1. The van der Waals surface area contributed by atoms with Crippen LogP contribution in [0.5, 0.6) is 0 Å². The molecule has 5 heteroatoms. The third-order valence-electron chi connectivity index (χ3n) is 4.34. The lowest BCUT2D eigenvalue weighted by Gasteiger charge is -2.16. The van der Waals surface area contributed by atoms with Crippen molar-refractivity contribution in [2.75, 3.05) is 0 Å². The summed E-state index contributed by atoms with van der Waals surface area (Å²) in [7, 11) is 0. The van der Waals surface area contributed by atoms with Gasteiger partial charge in [-0.05, 0) is 37.3 Å². The number of nitrogens with zero attached hydrogens (tertiary/aromatic N) is 1. The van der Waals surface area contributed by atoms with Crippen LogP contribution in [0.4, 0.5) is 0 Å². The Bertz CT molecular complexity index is 1110. The van der Waals surface area contributed by atoms with Crippen LogP contribution in [0.3, 0.4) is 0 Å². The number of rotatable bonds is 4. The highest BCUT2D eigenvalue weighted by atomic mass is 35.5. The molecule has 4 nitrogen and oxygen atoms in total. The number of ether oxygens (including phenoxy) is 1. The minimum absolute atomic E-state index is 0.436. The number of hydrogen-bond donors (Lipinski definition) is 0. The van der Waals surface area contributed by atoms with E-state index in [4.69, 9.17) is 20.8 Å². The van der Waals surface area contributed by atoms with Crippen molar-refractivity contribution >= 4 is 28.5 Å². The predicted molar refractivity (Wildman–Crippen MR) is 105 cm³/mol. The van der Waals surface area contributed by atoms with E-state index in [0.29, 0.717) is 27.6 Å². The molecule has 0 radical (unpaired) electrons. The maximum atomic E-state index is 13.0. The number of carbonyl (C=O) groups is 1. The molecule has 0 aliphatic rings. The van der Waals surface area contributed by atoms with Gasteiger partial charge in [0.2, 0.25) is 0 Å². The number of carbonyl (C=O) groups excluding carboxylic acids is 1. The molecule has 134 valence electrons. The summed E-state index contributed by atoms with van der Waals surface area (Å²) in [6, 6.07) is 20.1. The van der Waals surface area contributed by atoms with E-state index in [1.165, 1.54) is 0 Å². The molecule has 0 bridgehead atoms. The van der Waals surface area contributed by atoms with E-state index in [1.54, 1.807) is 37.5 Å². The maximum absolute atomic E-state index is 13.0. The van der Waals surface area contributed by atoms with E-state index < -0.39 is 12.1 Å². The fourth-order valence-corrected chi connectivity index (χ4v) is 3.28. The summed E-state index contributed by atoms with van der Waals surface area (Å²) in [5.74, 6) is 0.155. The summed E-state index contributed by atoms with van der Waals surface area (Å²) in [6.45, 7) is 1.80. The molecule has 4 aromatic rings. The number of furan rings is 1. The first-order chi connectivity index (χ1) is 13.1. The molecule has 4 rings (SSSR count). The monoisotopic (exact) mass is 377 g/mol. The lowest BCUT2D eigenvalue weighted by Crippen LogP contribution is -2.11. The normalized spacial score (nSPS) is 12.1. The van der Waals surface area contributed by atoms with Gasteiger partial charge < -0.3 is 9.15 Å². The Hall–Kier alpha value is -3.11. The average molecular weight is 378 g/mol. The third kappa shape index (κ3) is 3.44. The molecule has 27 heavy (non-hydrogen) atoms. The van der Waals surface area contributed by atoms with Crippen molar-refractivity contribution in [3.8, 4) is 11.5 Å². The van der Waals surface area contributed by atoms with Crippen LogP contribution in [0.2, 0.25) is 5.02 Å². The van der Waals surface area contributed by atoms with Crippen LogP contribution in [0.25, 0.3) is 22.4 Å². The molecule has 2 aromatic heterocycles. The molecule has 0 amide bonds. The lowest BCUT2D eigenvalue weighted by molar-refractivity contribution is 0.0340. The zero-order valence-corrected chi connectivity index (χ0v) is 15.3. The van der Waals surface area contributed by atoms with Gasteiger partial charge in [0.25, 0.3) is 0 Å². The summed E-state index contributed by atoms with van der Waals surface area (Å²) in [6.07, 6.45) is 1.09. The first-order valence-corrected chi connectivity index (χ1v) is 8.90. The molecule has 2 heterocycles.